The molecule has 84 valence electrons. The van der Waals surface area contributed by atoms with Gasteiger partial charge in [0.2, 0.25) is 0 Å². The van der Waals surface area contributed by atoms with E-state index in [0.717, 1.165) is 24.7 Å². The molecule has 0 aromatic carbocycles. The van der Waals surface area contributed by atoms with Gasteiger partial charge in [0.05, 0.1) is 0 Å². The summed E-state index contributed by atoms with van der Waals surface area (Å²) in [5.41, 5.74) is 0. The van der Waals surface area contributed by atoms with Crippen molar-refractivity contribution in [2.24, 2.45) is 5.92 Å². The van der Waals surface area contributed by atoms with Crippen molar-refractivity contribution in [2.45, 2.75) is 39.2 Å². The van der Waals surface area contributed by atoms with E-state index < -0.39 is 0 Å². The lowest BCUT2D eigenvalue weighted by Crippen LogP contribution is -2.28. The van der Waals surface area contributed by atoms with E-state index in [-0.39, 0.29) is 0 Å². The molecule has 0 amide bonds. The second-order valence-corrected chi connectivity index (χ2v) is 4.28. The molecule has 1 aromatic rings. The van der Waals surface area contributed by atoms with Gasteiger partial charge in [0.1, 0.15) is 12.2 Å². The van der Waals surface area contributed by atoms with Gasteiger partial charge >= 0.3 is 0 Å². The highest BCUT2D eigenvalue weighted by Gasteiger charge is 2.13. The molecule has 0 saturated carbocycles. The zero-order valence-corrected chi connectivity index (χ0v) is 9.45. The Hall–Kier alpha value is -0.900. The number of aromatic nitrogens is 3. The van der Waals surface area contributed by atoms with Crippen LogP contribution in [0.25, 0.3) is 0 Å². The van der Waals surface area contributed by atoms with Crippen molar-refractivity contribution in [3.05, 3.63) is 12.2 Å². The zero-order valence-electron chi connectivity index (χ0n) is 9.45. The van der Waals surface area contributed by atoms with Crippen LogP contribution in [-0.4, -0.2) is 27.9 Å². The number of nitrogens with zero attached hydrogens (tertiary/aromatic N) is 3. The molecule has 1 aliphatic heterocycles. The van der Waals surface area contributed by atoms with Crippen molar-refractivity contribution in [2.75, 3.05) is 13.1 Å². The molecular weight excluding hydrogens is 188 g/mol. The molecule has 0 radical (unpaired) electrons. The van der Waals surface area contributed by atoms with E-state index >= 15 is 0 Å². The quantitative estimate of drug-likeness (QED) is 0.809. The summed E-state index contributed by atoms with van der Waals surface area (Å²) in [6, 6.07) is 0. The van der Waals surface area contributed by atoms with Crippen LogP contribution in [0.2, 0.25) is 0 Å². The molecule has 0 bridgehead atoms. The van der Waals surface area contributed by atoms with Crippen molar-refractivity contribution in [1.82, 2.24) is 20.1 Å². The number of nitrogens with one attached hydrogen (secondary N) is 1. The second-order valence-electron chi connectivity index (χ2n) is 4.28. The molecule has 1 aromatic heterocycles. The van der Waals surface area contributed by atoms with Crippen molar-refractivity contribution in [3.63, 3.8) is 0 Å². The highest BCUT2D eigenvalue weighted by Crippen LogP contribution is 2.16. The Morgan fingerprint density at radius 2 is 2.27 bits per heavy atom. The van der Waals surface area contributed by atoms with Gasteiger partial charge in [-0.15, -0.1) is 10.2 Å². The van der Waals surface area contributed by atoms with Gasteiger partial charge < -0.3 is 9.88 Å². The number of rotatable bonds is 4. The van der Waals surface area contributed by atoms with E-state index in [1.807, 2.05) is 6.33 Å². The van der Waals surface area contributed by atoms with E-state index in [4.69, 9.17) is 0 Å². The molecule has 2 heterocycles. The van der Waals surface area contributed by atoms with E-state index in [1.54, 1.807) is 0 Å². The molecule has 1 saturated heterocycles. The summed E-state index contributed by atoms with van der Waals surface area (Å²) in [6.45, 7) is 5.59. The molecule has 1 fully saturated rings. The first-order valence-corrected chi connectivity index (χ1v) is 5.97. The number of piperidine rings is 1. The minimum atomic E-state index is 0.887. The van der Waals surface area contributed by atoms with E-state index in [2.05, 4.69) is 27.0 Å². The summed E-state index contributed by atoms with van der Waals surface area (Å²) < 4.78 is 2.20. The molecule has 1 N–H and O–H groups in total. The summed E-state index contributed by atoms with van der Waals surface area (Å²) in [7, 11) is 0. The van der Waals surface area contributed by atoms with Crippen LogP contribution in [0.3, 0.4) is 0 Å². The van der Waals surface area contributed by atoms with Gasteiger partial charge in [0.15, 0.2) is 0 Å². The van der Waals surface area contributed by atoms with E-state index in [9.17, 15) is 0 Å². The van der Waals surface area contributed by atoms with Gasteiger partial charge in [-0.05, 0) is 38.3 Å². The van der Waals surface area contributed by atoms with E-state index in [0.29, 0.717) is 0 Å². The van der Waals surface area contributed by atoms with Gasteiger partial charge in [0.25, 0.3) is 0 Å². The largest absolute Gasteiger partial charge is 0.318 e. The Morgan fingerprint density at radius 3 is 3.00 bits per heavy atom. The summed E-state index contributed by atoms with van der Waals surface area (Å²) in [5.74, 6) is 2.00. The van der Waals surface area contributed by atoms with Crippen LogP contribution < -0.4 is 5.32 Å². The Morgan fingerprint density at radius 1 is 1.47 bits per heavy atom. The zero-order chi connectivity index (χ0) is 10.5. The minimum Gasteiger partial charge on any atom is -0.318 e. The smallest absolute Gasteiger partial charge is 0.132 e. The summed E-state index contributed by atoms with van der Waals surface area (Å²) in [4.78, 5) is 0. The van der Waals surface area contributed by atoms with Crippen LogP contribution in [0, 0.1) is 5.92 Å². The van der Waals surface area contributed by atoms with Crippen molar-refractivity contribution < 1.29 is 0 Å². The lowest BCUT2D eigenvalue weighted by atomic mass is 9.95. The Kier molecular flexibility index (Phi) is 3.72. The SMILES string of the molecule is CCc1nncn1CCC1CCNCC1. The van der Waals surface area contributed by atoms with Crippen LogP contribution in [0.4, 0.5) is 0 Å². The van der Waals surface area contributed by atoms with Gasteiger partial charge in [-0.2, -0.15) is 0 Å². The van der Waals surface area contributed by atoms with Crippen molar-refractivity contribution in [3.8, 4) is 0 Å². The maximum absolute atomic E-state index is 4.10. The van der Waals surface area contributed by atoms with Crippen LogP contribution in [0.1, 0.15) is 32.0 Å². The molecule has 0 atom stereocenters. The highest BCUT2D eigenvalue weighted by molar-refractivity contribution is 4.84. The second kappa shape index (κ2) is 5.26. The fourth-order valence-electron chi connectivity index (χ4n) is 2.23. The lowest BCUT2D eigenvalue weighted by Gasteiger charge is -2.22. The summed E-state index contributed by atoms with van der Waals surface area (Å²) in [5, 5.41) is 11.5. The van der Waals surface area contributed by atoms with Gasteiger partial charge in [0, 0.05) is 13.0 Å². The van der Waals surface area contributed by atoms with Gasteiger partial charge in [-0.3, -0.25) is 0 Å². The van der Waals surface area contributed by atoms with Crippen LogP contribution in [-0.2, 0) is 13.0 Å². The molecule has 0 unspecified atom stereocenters. The predicted molar refractivity (Wildman–Crippen MR) is 59.6 cm³/mol. The Balaban J connectivity index is 1.81. The first-order chi connectivity index (χ1) is 7.40. The first kappa shape index (κ1) is 10.6. The third-order valence-electron chi connectivity index (χ3n) is 3.25. The molecule has 4 heteroatoms. The average Bonchev–Trinajstić information content (AvgIpc) is 2.75. The van der Waals surface area contributed by atoms with Crippen LogP contribution in [0.15, 0.2) is 6.33 Å². The Bertz CT molecular complexity index is 289. The average molecular weight is 208 g/mol. The molecule has 15 heavy (non-hydrogen) atoms. The molecule has 1 aliphatic rings. The maximum atomic E-state index is 4.10. The molecule has 0 spiro atoms. The fourth-order valence-corrected chi connectivity index (χ4v) is 2.23. The summed E-state index contributed by atoms with van der Waals surface area (Å²) in [6.07, 6.45) is 6.76. The van der Waals surface area contributed by atoms with Crippen LogP contribution >= 0.6 is 0 Å². The van der Waals surface area contributed by atoms with Crippen molar-refractivity contribution in [1.29, 1.82) is 0 Å². The monoisotopic (exact) mass is 208 g/mol. The maximum Gasteiger partial charge on any atom is 0.132 e. The number of hydrogen-bond acceptors (Lipinski definition) is 3. The highest BCUT2D eigenvalue weighted by atomic mass is 15.3. The van der Waals surface area contributed by atoms with Crippen LogP contribution in [0.5, 0.6) is 0 Å². The standard InChI is InChI=1S/C11H20N4/c1-2-11-14-13-9-15(11)8-5-10-3-6-12-7-4-10/h9-10,12H,2-8H2,1H3. The predicted octanol–water partition coefficient (Wildman–Crippen LogP) is 1.23. The molecular formula is C11H20N4. The molecule has 0 aliphatic carbocycles. The van der Waals surface area contributed by atoms with Gasteiger partial charge in [-0.25, -0.2) is 0 Å². The minimum absolute atomic E-state index is 0.887. The van der Waals surface area contributed by atoms with Gasteiger partial charge in [-0.1, -0.05) is 6.92 Å². The van der Waals surface area contributed by atoms with E-state index in [1.165, 1.54) is 32.4 Å². The topological polar surface area (TPSA) is 42.7 Å². The number of aryl methyl sites for hydroxylation is 2. The lowest BCUT2D eigenvalue weighted by molar-refractivity contribution is 0.336. The number of hydrogen-bond donors (Lipinski definition) is 1. The summed E-state index contributed by atoms with van der Waals surface area (Å²) >= 11 is 0. The third kappa shape index (κ3) is 2.78. The van der Waals surface area contributed by atoms with Crippen molar-refractivity contribution >= 4 is 0 Å². The first-order valence-electron chi connectivity index (χ1n) is 5.97. The fraction of sp³-hybridized carbons (Fsp3) is 0.818. The Labute approximate surface area is 91.1 Å². The normalized spacial score (nSPS) is 18.2. The molecule has 2 rings (SSSR count). The third-order valence-corrected chi connectivity index (χ3v) is 3.25. The molecule has 4 nitrogen and oxygen atoms in total.